The Labute approximate surface area is 115 Å². The Hall–Kier alpha value is -1.66. The first kappa shape index (κ1) is 12.1. The zero-order chi connectivity index (χ0) is 14.1. The van der Waals surface area contributed by atoms with Gasteiger partial charge in [0.05, 0.1) is 38.6 Å². The molecule has 4 bridgehead atoms. The van der Waals surface area contributed by atoms with Gasteiger partial charge in [-0.25, -0.2) is 0 Å². The van der Waals surface area contributed by atoms with E-state index in [1.807, 2.05) is 0 Å². The highest BCUT2D eigenvalue weighted by molar-refractivity contribution is 5.94. The first-order valence-corrected chi connectivity index (χ1v) is 6.48. The third kappa shape index (κ3) is 0.901. The lowest BCUT2D eigenvalue weighted by atomic mass is 9.53. The van der Waals surface area contributed by atoms with Crippen LogP contribution < -0.4 is 0 Å². The second kappa shape index (κ2) is 3.51. The highest BCUT2D eigenvalue weighted by atomic mass is 16.6. The fraction of sp³-hybridized carbons (Fsp3) is 0.571. The molecule has 6 nitrogen and oxygen atoms in total. The molecule has 0 aromatic heterocycles. The van der Waals surface area contributed by atoms with Crippen molar-refractivity contribution in [1.29, 1.82) is 0 Å². The van der Waals surface area contributed by atoms with Gasteiger partial charge in [0.1, 0.15) is 10.8 Å². The smallest absolute Gasteiger partial charge is 0.319 e. The molecule has 0 aromatic carbocycles. The third-order valence-electron chi connectivity index (χ3n) is 5.03. The molecule has 0 aromatic rings. The molecule has 0 saturated carbocycles. The Morgan fingerprint density at radius 2 is 1.10 bits per heavy atom. The van der Waals surface area contributed by atoms with Gasteiger partial charge in [-0.1, -0.05) is 24.3 Å². The number of esters is 2. The predicted molar refractivity (Wildman–Crippen MR) is 64.5 cm³/mol. The van der Waals surface area contributed by atoms with Gasteiger partial charge < -0.3 is 18.9 Å². The van der Waals surface area contributed by atoms with Crippen molar-refractivity contribution < 1.29 is 28.5 Å². The molecule has 0 radical (unpaired) electrons. The van der Waals surface area contributed by atoms with Crippen LogP contribution in [0.25, 0.3) is 0 Å². The van der Waals surface area contributed by atoms with E-state index >= 15 is 0 Å². The summed E-state index contributed by atoms with van der Waals surface area (Å²) in [6.07, 6.45) is 5.11. The summed E-state index contributed by atoms with van der Waals surface area (Å²) in [5.41, 5.74) is -2.37. The second-order valence-corrected chi connectivity index (χ2v) is 5.45. The van der Waals surface area contributed by atoms with Crippen molar-refractivity contribution >= 4 is 11.9 Å². The number of methoxy groups -OCH3 is 2. The summed E-state index contributed by atoms with van der Waals surface area (Å²) in [7, 11) is 2.62. The largest absolute Gasteiger partial charge is 0.468 e. The average Bonchev–Trinajstić information content (AvgIpc) is 3.21. The highest BCUT2D eigenvalue weighted by Crippen LogP contribution is 2.69. The van der Waals surface area contributed by atoms with E-state index in [2.05, 4.69) is 0 Å². The number of hydrogen-bond donors (Lipinski definition) is 0. The SMILES string of the molecule is COC(=O)C12[C@@H]3C=C[C@H](O3)C1(C(=O)OC)[C@H]1C=C[C@H]2O1. The molecule has 106 valence electrons. The van der Waals surface area contributed by atoms with Gasteiger partial charge in [-0.15, -0.1) is 0 Å². The summed E-state index contributed by atoms with van der Waals surface area (Å²) in [6.45, 7) is 0. The number of carbonyl (C=O) groups excluding carboxylic acids is 2. The van der Waals surface area contributed by atoms with Crippen molar-refractivity contribution in [1.82, 2.24) is 0 Å². The topological polar surface area (TPSA) is 71.1 Å². The van der Waals surface area contributed by atoms with Crippen LogP contribution >= 0.6 is 0 Å². The molecule has 0 amide bonds. The minimum atomic E-state index is -1.19. The minimum Gasteiger partial charge on any atom is -0.468 e. The van der Waals surface area contributed by atoms with Crippen molar-refractivity contribution in [2.75, 3.05) is 14.2 Å². The lowest BCUT2D eigenvalue weighted by Gasteiger charge is -2.42. The Bertz CT molecular complexity index is 488. The molecule has 2 unspecified atom stereocenters. The van der Waals surface area contributed by atoms with Gasteiger partial charge in [0.2, 0.25) is 0 Å². The van der Waals surface area contributed by atoms with Crippen molar-refractivity contribution in [3.05, 3.63) is 24.3 Å². The lowest BCUT2D eigenvalue weighted by Crippen LogP contribution is -2.62. The van der Waals surface area contributed by atoms with Gasteiger partial charge in [-0.3, -0.25) is 9.59 Å². The molecule has 6 atom stereocenters. The maximum absolute atomic E-state index is 12.6. The molecule has 20 heavy (non-hydrogen) atoms. The number of hydrogen-bond acceptors (Lipinski definition) is 6. The number of fused-ring (bicyclic) bond motifs is 9. The average molecular weight is 278 g/mol. The van der Waals surface area contributed by atoms with Crippen molar-refractivity contribution in [2.45, 2.75) is 24.4 Å². The summed E-state index contributed by atoms with van der Waals surface area (Å²) in [5, 5.41) is 0. The first-order valence-electron chi connectivity index (χ1n) is 6.48. The van der Waals surface area contributed by atoms with Crippen LogP contribution in [-0.4, -0.2) is 50.6 Å². The zero-order valence-corrected chi connectivity index (χ0v) is 11.1. The fourth-order valence-electron chi connectivity index (χ4n) is 4.34. The van der Waals surface area contributed by atoms with Crippen LogP contribution in [0.2, 0.25) is 0 Å². The van der Waals surface area contributed by atoms with E-state index in [0.29, 0.717) is 0 Å². The first-order chi connectivity index (χ1) is 9.63. The van der Waals surface area contributed by atoms with Crippen molar-refractivity contribution in [3.8, 4) is 0 Å². The monoisotopic (exact) mass is 278 g/mol. The van der Waals surface area contributed by atoms with E-state index in [0.717, 1.165) is 0 Å². The van der Waals surface area contributed by atoms with Crippen molar-refractivity contribution in [3.63, 3.8) is 0 Å². The quantitative estimate of drug-likeness (QED) is 0.522. The molecule has 2 saturated heterocycles. The number of rotatable bonds is 2. The van der Waals surface area contributed by atoms with Crippen LogP contribution in [0.1, 0.15) is 0 Å². The molecule has 4 rings (SSSR count). The summed E-state index contributed by atoms with van der Waals surface area (Å²) in [4.78, 5) is 25.1. The zero-order valence-electron chi connectivity index (χ0n) is 11.1. The molecule has 2 fully saturated rings. The van der Waals surface area contributed by atoms with Gasteiger partial charge in [0, 0.05) is 0 Å². The van der Waals surface area contributed by atoms with Crippen LogP contribution in [0.15, 0.2) is 24.3 Å². The van der Waals surface area contributed by atoms with Gasteiger partial charge in [-0.2, -0.15) is 0 Å². The predicted octanol–water partition coefficient (Wildman–Crippen LogP) is -0.0204. The Balaban J connectivity index is 2.01. The van der Waals surface area contributed by atoms with Gasteiger partial charge in [0.15, 0.2) is 0 Å². The lowest BCUT2D eigenvalue weighted by molar-refractivity contribution is -0.174. The summed E-state index contributed by atoms with van der Waals surface area (Å²) >= 11 is 0. The molecule has 4 aliphatic rings. The van der Waals surface area contributed by atoms with E-state index in [-0.39, 0.29) is 0 Å². The van der Waals surface area contributed by atoms with Gasteiger partial charge in [0.25, 0.3) is 0 Å². The number of ether oxygens (including phenoxy) is 4. The van der Waals surface area contributed by atoms with Crippen LogP contribution in [-0.2, 0) is 28.5 Å². The van der Waals surface area contributed by atoms with Gasteiger partial charge in [-0.05, 0) is 0 Å². The van der Waals surface area contributed by atoms with Crippen LogP contribution in [0, 0.1) is 10.8 Å². The Morgan fingerprint density at radius 1 is 0.800 bits per heavy atom. The summed E-state index contributed by atoms with van der Waals surface area (Å²) in [5.74, 6) is -0.979. The van der Waals surface area contributed by atoms with E-state index in [4.69, 9.17) is 18.9 Å². The highest BCUT2D eigenvalue weighted by Gasteiger charge is 2.85. The van der Waals surface area contributed by atoms with Crippen LogP contribution in [0.3, 0.4) is 0 Å². The normalized spacial score (nSPS) is 49.5. The Morgan fingerprint density at radius 3 is 1.35 bits per heavy atom. The maximum atomic E-state index is 12.6. The third-order valence-corrected chi connectivity index (χ3v) is 5.03. The van der Waals surface area contributed by atoms with E-state index in [1.165, 1.54) is 14.2 Å². The van der Waals surface area contributed by atoms with Crippen LogP contribution in [0.5, 0.6) is 0 Å². The molecular weight excluding hydrogens is 264 g/mol. The number of carbonyl (C=O) groups is 2. The molecule has 0 spiro atoms. The van der Waals surface area contributed by atoms with Crippen LogP contribution in [0.4, 0.5) is 0 Å². The van der Waals surface area contributed by atoms with E-state index in [1.54, 1.807) is 24.3 Å². The van der Waals surface area contributed by atoms with Crippen molar-refractivity contribution in [2.24, 2.45) is 10.8 Å². The molecule has 0 N–H and O–H groups in total. The molecule has 6 heteroatoms. The standard InChI is InChI=1S/C14H14O6/c1-17-11(15)13-7-3-5-9(19-7)14(13,12(16)18-2)10-6-4-8(13)20-10/h3-10H,1-2H3/t7-,8+,9-,10+,13?,14?. The molecule has 0 aliphatic carbocycles. The Kier molecular flexibility index (Phi) is 2.12. The summed E-state index contributed by atoms with van der Waals surface area (Å²) < 4.78 is 21.7. The molecule has 4 heterocycles. The van der Waals surface area contributed by atoms with Gasteiger partial charge >= 0.3 is 11.9 Å². The minimum absolute atomic E-state index is 0.489. The maximum Gasteiger partial charge on any atom is 0.319 e. The van der Waals surface area contributed by atoms with E-state index in [9.17, 15) is 9.59 Å². The molecular formula is C14H14O6. The molecule has 4 aliphatic heterocycles. The fourth-order valence-corrected chi connectivity index (χ4v) is 4.34. The second-order valence-electron chi connectivity index (χ2n) is 5.45. The summed E-state index contributed by atoms with van der Waals surface area (Å²) in [6, 6.07) is 0. The van der Waals surface area contributed by atoms with E-state index < -0.39 is 47.2 Å².